The summed E-state index contributed by atoms with van der Waals surface area (Å²) in [6, 6.07) is 2.71. The molecule has 188 valence electrons. The molecule has 3 rings (SSSR count). The van der Waals surface area contributed by atoms with Gasteiger partial charge in [-0.1, -0.05) is 49.3 Å². The minimum Gasteiger partial charge on any atom is -0.493 e. The fourth-order valence-corrected chi connectivity index (χ4v) is 3.94. The van der Waals surface area contributed by atoms with Crippen LogP contribution in [-0.4, -0.2) is 50.6 Å². The van der Waals surface area contributed by atoms with Crippen LogP contribution in [-0.2, 0) is 6.18 Å². The molecule has 0 saturated carbocycles. The van der Waals surface area contributed by atoms with Gasteiger partial charge >= 0.3 is 6.18 Å². The number of hydrogen-bond donors (Lipinski definition) is 3. The first kappa shape index (κ1) is 25.6. The van der Waals surface area contributed by atoms with E-state index >= 15 is 0 Å². The number of likely N-dealkylation sites (tertiary alicyclic amines) is 1. The van der Waals surface area contributed by atoms with E-state index in [1.807, 2.05) is 0 Å². The van der Waals surface area contributed by atoms with Crippen molar-refractivity contribution in [3.8, 4) is 17.1 Å². The smallest absolute Gasteiger partial charge is 0.419 e. The highest BCUT2D eigenvalue weighted by Gasteiger charge is 2.40. The molecule has 0 radical (unpaired) electrons. The van der Waals surface area contributed by atoms with Crippen molar-refractivity contribution < 1.29 is 32.7 Å². The van der Waals surface area contributed by atoms with Crippen molar-refractivity contribution in [3.05, 3.63) is 29.7 Å². The van der Waals surface area contributed by atoms with Crippen molar-refractivity contribution in [1.82, 2.24) is 15.0 Å². The molecule has 2 aromatic rings. The highest BCUT2D eigenvalue weighted by atomic mass is 19.4. The van der Waals surface area contributed by atoms with Crippen molar-refractivity contribution in [2.75, 3.05) is 13.2 Å². The molecular formula is C22H30F3N5O4. The molecule has 0 bridgehead atoms. The van der Waals surface area contributed by atoms with Gasteiger partial charge < -0.3 is 30.2 Å². The lowest BCUT2D eigenvalue weighted by Gasteiger charge is -2.22. The van der Waals surface area contributed by atoms with E-state index in [-0.39, 0.29) is 42.1 Å². The van der Waals surface area contributed by atoms with Gasteiger partial charge in [-0.3, -0.25) is 0 Å². The lowest BCUT2D eigenvalue weighted by Crippen LogP contribution is -2.38. The normalized spacial score (nSPS) is 19.1. The summed E-state index contributed by atoms with van der Waals surface area (Å²) in [5.41, 5.74) is 4.79. The predicted octanol–water partition coefficient (Wildman–Crippen LogP) is 4.31. The van der Waals surface area contributed by atoms with E-state index in [4.69, 9.17) is 20.2 Å². The van der Waals surface area contributed by atoms with Crippen LogP contribution >= 0.6 is 0 Å². The maximum absolute atomic E-state index is 13.7. The lowest BCUT2D eigenvalue weighted by molar-refractivity contribution is -0.138. The first-order valence-electron chi connectivity index (χ1n) is 11.4. The van der Waals surface area contributed by atoms with Gasteiger partial charge in [-0.2, -0.15) is 18.2 Å². The van der Waals surface area contributed by atoms with Gasteiger partial charge in [0.2, 0.25) is 11.8 Å². The second-order valence-corrected chi connectivity index (χ2v) is 8.23. The Morgan fingerprint density at radius 3 is 2.71 bits per heavy atom. The van der Waals surface area contributed by atoms with E-state index in [1.54, 1.807) is 0 Å². The van der Waals surface area contributed by atoms with Crippen LogP contribution in [0.1, 0.15) is 69.4 Å². The van der Waals surface area contributed by atoms with Gasteiger partial charge in [-0.15, -0.1) is 0 Å². The first-order valence-corrected chi connectivity index (χ1v) is 11.4. The van der Waals surface area contributed by atoms with E-state index in [0.717, 1.165) is 38.2 Å². The number of ether oxygens (including phenoxy) is 1. The molecule has 1 aromatic carbocycles. The van der Waals surface area contributed by atoms with Gasteiger partial charge in [0, 0.05) is 12.1 Å². The molecule has 1 aliphatic rings. The number of halogens is 3. The standard InChI is InChI=1S/C22H30F3N5O4/c1-2-3-4-5-6-7-12-33-17-9-8-14(13-15(17)22(23,24)25)19-27-20(34-29-19)18-16(31)10-11-30(18)21(26)28-32/h8-9,13,16,18,31-32H,2-7,10-12H2,1H3,(H2,26,28)/t16-,18-/m0/s1. The molecule has 2 atom stereocenters. The van der Waals surface area contributed by atoms with Gasteiger partial charge in [0.05, 0.1) is 18.3 Å². The van der Waals surface area contributed by atoms with E-state index in [0.29, 0.717) is 12.8 Å². The summed E-state index contributed by atoms with van der Waals surface area (Å²) in [6.45, 7) is 2.60. The van der Waals surface area contributed by atoms with Gasteiger partial charge in [0.15, 0.2) is 0 Å². The zero-order valence-corrected chi connectivity index (χ0v) is 19.0. The van der Waals surface area contributed by atoms with Crippen LogP contribution in [0.5, 0.6) is 5.75 Å². The van der Waals surface area contributed by atoms with E-state index in [2.05, 4.69) is 22.2 Å². The molecule has 1 saturated heterocycles. The topological polar surface area (TPSA) is 130 Å². The zero-order chi connectivity index (χ0) is 24.7. The molecule has 1 aromatic heterocycles. The summed E-state index contributed by atoms with van der Waals surface area (Å²) in [5.74, 6) is -0.629. The Hall–Kier alpha value is -3.02. The zero-order valence-electron chi connectivity index (χ0n) is 19.0. The Labute approximate surface area is 195 Å². The van der Waals surface area contributed by atoms with Crippen molar-refractivity contribution in [3.63, 3.8) is 0 Å². The number of unbranched alkanes of at least 4 members (excludes halogenated alkanes) is 5. The van der Waals surface area contributed by atoms with Crippen LogP contribution in [0, 0.1) is 0 Å². The fraction of sp³-hybridized carbons (Fsp3) is 0.591. The SMILES string of the molecule is CCCCCCCCOc1ccc(-c2noc([C@@H]3[C@@H](O)CCN3/C(N)=N/O)n2)cc1C(F)(F)F. The van der Waals surface area contributed by atoms with Crippen LogP contribution in [0.2, 0.25) is 0 Å². The van der Waals surface area contributed by atoms with Crippen molar-refractivity contribution in [1.29, 1.82) is 0 Å². The van der Waals surface area contributed by atoms with Gasteiger partial charge in [0.25, 0.3) is 5.89 Å². The van der Waals surface area contributed by atoms with Gasteiger partial charge in [-0.05, 0) is 31.0 Å². The maximum atomic E-state index is 13.7. The minimum atomic E-state index is -4.64. The average Bonchev–Trinajstić information content (AvgIpc) is 3.44. The number of nitrogens with two attached hydrogens (primary N) is 1. The summed E-state index contributed by atoms with van der Waals surface area (Å²) < 4.78 is 51.8. The van der Waals surface area contributed by atoms with Crippen LogP contribution in [0.4, 0.5) is 13.2 Å². The molecule has 0 spiro atoms. The fourth-order valence-electron chi connectivity index (χ4n) is 3.94. The average molecular weight is 486 g/mol. The summed E-state index contributed by atoms with van der Waals surface area (Å²) in [4.78, 5) is 5.54. The van der Waals surface area contributed by atoms with Gasteiger partial charge in [-0.25, -0.2) is 0 Å². The molecular weight excluding hydrogens is 455 g/mol. The molecule has 0 aliphatic carbocycles. The number of oxime groups is 1. The Morgan fingerprint density at radius 2 is 2.00 bits per heavy atom. The van der Waals surface area contributed by atoms with Crippen molar-refractivity contribution in [2.24, 2.45) is 10.9 Å². The van der Waals surface area contributed by atoms with Gasteiger partial charge in [0.1, 0.15) is 11.8 Å². The number of aromatic nitrogens is 2. The third kappa shape index (κ3) is 6.10. The third-order valence-corrected chi connectivity index (χ3v) is 5.76. The van der Waals surface area contributed by atoms with Crippen molar-refractivity contribution >= 4 is 5.96 Å². The van der Waals surface area contributed by atoms with Crippen LogP contribution < -0.4 is 10.5 Å². The molecule has 0 amide bonds. The van der Waals surface area contributed by atoms with Crippen LogP contribution in [0.15, 0.2) is 27.9 Å². The quantitative estimate of drug-likeness (QED) is 0.149. The summed E-state index contributed by atoms with van der Waals surface area (Å²) in [6.07, 6.45) is 0.745. The Kier molecular flexibility index (Phi) is 8.59. The molecule has 34 heavy (non-hydrogen) atoms. The van der Waals surface area contributed by atoms with E-state index < -0.39 is 23.9 Å². The number of aliphatic hydroxyl groups is 1. The Balaban J connectivity index is 1.75. The number of rotatable bonds is 10. The molecule has 1 fully saturated rings. The monoisotopic (exact) mass is 485 g/mol. The number of nitrogens with zero attached hydrogens (tertiary/aromatic N) is 4. The molecule has 9 nitrogen and oxygen atoms in total. The number of aliphatic hydroxyl groups excluding tert-OH is 1. The summed E-state index contributed by atoms with van der Waals surface area (Å²) in [7, 11) is 0. The van der Waals surface area contributed by atoms with Crippen LogP contribution in [0.3, 0.4) is 0 Å². The first-order chi connectivity index (χ1) is 16.3. The largest absolute Gasteiger partial charge is 0.493 e. The number of guanidine groups is 1. The molecule has 2 heterocycles. The summed E-state index contributed by atoms with van der Waals surface area (Å²) >= 11 is 0. The molecule has 0 unspecified atom stereocenters. The maximum Gasteiger partial charge on any atom is 0.419 e. The minimum absolute atomic E-state index is 0.0523. The second kappa shape index (κ2) is 11.4. The number of alkyl halides is 3. The Bertz CT molecular complexity index is 966. The van der Waals surface area contributed by atoms with Crippen LogP contribution in [0.25, 0.3) is 11.4 Å². The molecule has 4 N–H and O–H groups in total. The predicted molar refractivity (Wildman–Crippen MR) is 117 cm³/mol. The highest BCUT2D eigenvalue weighted by Crippen LogP contribution is 2.39. The third-order valence-electron chi connectivity index (χ3n) is 5.76. The van der Waals surface area contributed by atoms with E-state index in [1.165, 1.54) is 17.0 Å². The highest BCUT2D eigenvalue weighted by molar-refractivity contribution is 5.78. The van der Waals surface area contributed by atoms with E-state index in [9.17, 15) is 18.3 Å². The molecule has 1 aliphatic heterocycles. The number of benzene rings is 1. The van der Waals surface area contributed by atoms with Crippen molar-refractivity contribution in [2.45, 2.75) is 70.2 Å². The molecule has 12 heteroatoms. The Morgan fingerprint density at radius 1 is 1.26 bits per heavy atom. The second-order valence-electron chi connectivity index (χ2n) is 8.23. The lowest BCUT2D eigenvalue weighted by atomic mass is 10.1. The summed E-state index contributed by atoms with van der Waals surface area (Å²) in [5, 5.41) is 25.9. The number of hydrogen-bond acceptors (Lipinski definition) is 7.